The number of carbonyl (C=O) groups excluding carboxylic acids is 1. The molecule has 1 N–H and O–H groups in total. The second kappa shape index (κ2) is 12.2. The highest BCUT2D eigenvalue weighted by Crippen LogP contribution is 2.28. The molecule has 1 heterocycles. The van der Waals surface area contributed by atoms with E-state index in [1.54, 1.807) is 6.20 Å². The van der Waals surface area contributed by atoms with E-state index < -0.39 is 0 Å². The zero-order chi connectivity index (χ0) is 21.9. The highest BCUT2D eigenvalue weighted by molar-refractivity contribution is 5.78. The van der Waals surface area contributed by atoms with Crippen LogP contribution in [0.4, 0.5) is 0 Å². The molecule has 7 heteroatoms. The predicted molar refractivity (Wildman–Crippen MR) is 119 cm³/mol. The Morgan fingerprint density at radius 3 is 2.57 bits per heavy atom. The van der Waals surface area contributed by atoms with Crippen LogP contribution in [0.1, 0.15) is 46.6 Å². The van der Waals surface area contributed by atoms with Crippen LogP contribution in [0, 0.1) is 0 Å². The van der Waals surface area contributed by atoms with Gasteiger partial charge >= 0.3 is 0 Å². The van der Waals surface area contributed by atoms with Crippen LogP contribution in [-0.4, -0.2) is 52.4 Å². The van der Waals surface area contributed by atoms with E-state index in [1.165, 1.54) is 0 Å². The largest absolute Gasteiger partial charge is 0.490 e. The number of carbonyl (C=O) groups is 1. The number of rotatable bonds is 13. The zero-order valence-electron chi connectivity index (χ0n) is 18.9. The molecule has 30 heavy (non-hydrogen) atoms. The number of amides is 1. The van der Waals surface area contributed by atoms with Gasteiger partial charge in [0.05, 0.1) is 6.61 Å². The Morgan fingerprint density at radius 2 is 1.93 bits per heavy atom. The van der Waals surface area contributed by atoms with E-state index in [0.717, 1.165) is 31.6 Å². The molecule has 0 saturated heterocycles. The van der Waals surface area contributed by atoms with Crippen molar-refractivity contribution in [3.8, 4) is 11.5 Å². The summed E-state index contributed by atoms with van der Waals surface area (Å²) in [5.74, 6) is 1.24. The molecule has 2 rings (SSSR count). The standard InChI is InChI=1S/C23H36N4O3/c1-6-29-22-15-20(16-24-11-7-13-26-14-8-12-25-26)9-10-21(22)30-17-23(28)27(18(2)3)19(4)5/h8-10,12,14-15,18-19,24H,6-7,11,13,16-17H2,1-5H3. The highest BCUT2D eigenvalue weighted by atomic mass is 16.5. The number of aryl methyl sites for hydroxylation is 1. The van der Waals surface area contributed by atoms with Gasteiger partial charge in [0.1, 0.15) is 0 Å². The maximum Gasteiger partial charge on any atom is 0.260 e. The van der Waals surface area contributed by atoms with Gasteiger partial charge in [0.2, 0.25) is 0 Å². The average Bonchev–Trinajstić information content (AvgIpc) is 3.20. The molecule has 0 atom stereocenters. The average molecular weight is 417 g/mol. The first-order valence-electron chi connectivity index (χ1n) is 10.8. The van der Waals surface area contributed by atoms with Crippen LogP contribution in [0.15, 0.2) is 36.7 Å². The van der Waals surface area contributed by atoms with Gasteiger partial charge in [-0.25, -0.2) is 0 Å². The maximum atomic E-state index is 12.6. The molecule has 0 fully saturated rings. The summed E-state index contributed by atoms with van der Waals surface area (Å²) in [5, 5.41) is 7.65. The molecule has 7 nitrogen and oxygen atoms in total. The summed E-state index contributed by atoms with van der Waals surface area (Å²) in [6, 6.07) is 8.07. The van der Waals surface area contributed by atoms with Crippen molar-refractivity contribution in [2.75, 3.05) is 19.8 Å². The lowest BCUT2D eigenvalue weighted by molar-refractivity contribution is -0.137. The molecule has 1 aromatic heterocycles. The number of benzene rings is 1. The van der Waals surface area contributed by atoms with Gasteiger partial charge in [0.25, 0.3) is 5.91 Å². The highest BCUT2D eigenvalue weighted by Gasteiger charge is 2.21. The van der Waals surface area contributed by atoms with E-state index in [4.69, 9.17) is 9.47 Å². The first-order chi connectivity index (χ1) is 14.4. The Bertz CT molecular complexity index is 752. The second-order valence-electron chi connectivity index (χ2n) is 7.79. The van der Waals surface area contributed by atoms with E-state index in [1.807, 2.05) is 74.7 Å². The van der Waals surface area contributed by atoms with Crippen molar-refractivity contribution in [2.45, 2.75) is 66.2 Å². The van der Waals surface area contributed by atoms with Gasteiger partial charge in [-0.2, -0.15) is 5.10 Å². The summed E-state index contributed by atoms with van der Waals surface area (Å²) in [5.41, 5.74) is 1.11. The fourth-order valence-electron chi connectivity index (χ4n) is 3.47. The topological polar surface area (TPSA) is 68.6 Å². The van der Waals surface area contributed by atoms with Crippen molar-refractivity contribution < 1.29 is 14.3 Å². The smallest absolute Gasteiger partial charge is 0.260 e. The molecule has 1 amide bonds. The number of nitrogens with zero attached hydrogens (tertiary/aromatic N) is 3. The fourth-order valence-corrected chi connectivity index (χ4v) is 3.47. The van der Waals surface area contributed by atoms with Gasteiger partial charge in [0, 0.05) is 37.6 Å². The minimum Gasteiger partial charge on any atom is -0.490 e. The molecular formula is C23H36N4O3. The first-order valence-corrected chi connectivity index (χ1v) is 10.8. The Labute approximate surface area is 180 Å². The van der Waals surface area contributed by atoms with Gasteiger partial charge in [-0.1, -0.05) is 6.07 Å². The number of ether oxygens (including phenoxy) is 2. The predicted octanol–water partition coefficient (Wildman–Crippen LogP) is 3.49. The van der Waals surface area contributed by atoms with Crippen molar-refractivity contribution in [3.63, 3.8) is 0 Å². The van der Waals surface area contributed by atoms with Crippen molar-refractivity contribution >= 4 is 5.91 Å². The molecule has 0 aliphatic rings. The van der Waals surface area contributed by atoms with Crippen molar-refractivity contribution in [1.29, 1.82) is 0 Å². The molecule has 0 bridgehead atoms. The lowest BCUT2D eigenvalue weighted by Gasteiger charge is -2.30. The molecular weight excluding hydrogens is 380 g/mol. The second-order valence-corrected chi connectivity index (χ2v) is 7.79. The molecule has 0 saturated carbocycles. The third-order valence-electron chi connectivity index (χ3n) is 4.69. The van der Waals surface area contributed by atoms with Crippen LogP contribution in [-0.2, 0) is 17.9 Å². The minimum atomic E-state index is -0.0228. The van der Waals surface area contributed by atoms with Crippen LogP contribution in [0.2, 0.25) is 0 Å². The normalized spacial score (nSPS) is 11.2. The summed E-state index contributed by atoms with van der Waals surface area (Å²) in [7, 11) is 0. The molecule has 0 unspecified atom stereocenters. The Morgan fingerprint density at radius 1 is 1.17 bits per heavy atom. The molecule has 166 valence electrons. The molecule has 1 aromatic carbocycles. The van der Waals surface area contributed by atoms with Crippen LogP contribution in [0.25, 0.3) is 0 Å². The van der Waals surface area contributed by atoms with Crippen LogP contribution in [0.5, 0.6) is 11.5 Å². The first kappa shape index (κ1) is 23.7. The molecule has 0 radical (unpaired) electrons. The lowest BCUT2D eigenvalue weighted by atomic mass is 10.2. The van der Waals surface area contributed by atoms with Crippen molar-refractivity contribution in [3.05, 3.63) is 42.2 Å². The SMILES string of the molecule is CCOc1cc(CNCCCn2cccn2)ccc1OCC(=O)N(C(C)C)C(C)C. The van der Waals surface area contributed by atoms with Gasteiger partial charge in [0.15, 0.2) is 18.1 Å². The van der Waals surface area contributed by atoms with Gasteiger partial charge in [-0.15, -0.1) is 0 Å². The van der Waals surface area contributed by atoms with E-state index >= 15 is 0 Å². The van der Waals surface area contributed by atoms with Crippen LogP contribution >= 0.6 is 0 Å². The van der Waals surface area contributed by atoms with Crippen LogP contribution in [0.3, 0.4) is 0 Å². The molecule has 2 aromatic rings. The van der Waals surface area contributed by atoms with Gasteiger partial charge in [-0.3, -0.25) is 9.48 Å². The summed E-state index contributed by atoms with van der Waals surface area (Å²) in [4.78, 5) is 14.4. The Kier molecular flexibility index (Phi) is 9.67. The van der Waals surface area contributed by atoms with Crippen molar-refractivity contribution in [1.82, 2.24) is 20.0 Å². The van der Waals surface area contributed by atoms with Gasteiger partial charge < -0.3 is 19.7 Å². The Hall–Kier alpha value is -2.54. The van der Waals surface area contributed by atoms with E-state index in [9.17, 15) is 4.79 Å². The number of hydrogen-bond donors (Lipinski definition) is 1. The van der Waals surface area contributed by atoms with E-state index in [2.05, 4.69) is 10.4 Å². The number of hydrogen-bond acceptors (Lipinski definition) is 5. The summed E-state index contributed by atoms with van der Waals surface area (Å²) in [6.45, 7) is 13.1. The summed E-state index contributed by atoms with van der Waals surface area (Å²) < 4.78 is 13.5. The van der Waals surface area contributed by atoms with Crippen molar-refractivity contribution in [2.24, 2.45) is 0 Å². The Balaban J connectivity index is 1.88. The fraction of sp³-hybridized carbons (Fsp3) is 0.565. The third-order valence-corrected chi connectivity index (χ3v) is 4.69. The quantitative estimate of drug-likeness (QED) is 0.506. The number of aromatic nitrogens is 2. The molecule has 0 aliphatic heterocycles. The summed E-state index contributed by atoms with van der Waals surface area (Å²) in [6.07, 6.45) is 4.77. The minimum absolute atomic E-state index is 0.00145. The summed E-state index contributed by atoms with van der Waals surface area (Å²) >= 11 is 0. The third kappa shape index (κ3) is 7.37. The van der Waals surface area contributed by atoms with Gasteiger partial charge in [-0.05, 0) is 71.3 Å². The van der Waals surface area contributed by atoms with E-state index in [0.29, 0.717) is 18.1 Å². The van der Waals surface area contributed by atoms with E-state index in [-0.39, 0.29) is 24.6 Å². The molecule has 0 aliphatic carbocycles. The van der Waals surface area contributed by atoms with Crippen LogP contribution < -0.4 is 14.8 Å². The zero-order valence-corrected chi connectivity index (χ0v) is 18.9. The maximum absolute atomic E-state index is 12.6. The monoisotopic (exact) mass is 416 g/mol. The lowest BCUT2D eigenvalue weighted by Crippen LogP contribution is -2.44. The molecule has 0 spiro atoms. The number of nitrogens with one attached hydrogen (secondary N) is 1.